The maximum Gasteiger partial charge on any atom is 0.233 e. The van der Waals surface area contributed by atoms with Crippen molar-refractivity contribution < 1.29 is 9.53 Å². The molecular formula is C17H22N4O2S2. The summed E-state index contributed by atoms with van der Waals surface area (Å²) in [5, 5.41) is 12.2. The zero-order valence-corrected chi connectivity index (χ0v) is 15.9. The molecule has 0 atom stereocenters. The minimum atomic E-state index is 0.196. The van der Waals surface area contributed by atoms with Crippen LogP contribution in [0, 0.1) is 0 Å². The van der Waals surface area contributed by atoms with Crippen LogP contribution in [0.4, 0.5) is 10.8 Å². The fourth-order valence-electron chi connectivity index (χ4n) is 2.72. The molecular weight excluding hydrogens is 356 g/mol. The van der Waals surface area contributed by atoms with Gasteiger partial charge in [-0.25, -0.2) is 0 Å². The number of ether oxygens (including phenoxy) is 1. The Balaban J connectivity index is 1.54. The molecule has 1 amide bonds. The normalized spacial score (nSPS) is 14.8. The van der Waals surface area contributed by atoms with Crippen LogP contribution in [-0.4, -0.2) is 47.0 Å². The highest BCUT2D eigenvalue weighted by molar-refractivity contribution is 8.01. The molecule has 2 heterocycles. The van der Waals surface area contributed by atoms with Gasteiger partial charge in [-0.1, -0.05) is 48.1 Å². The molecule has 0 saturated carbocycles. The van der Waals surface area contributed by atoms with Crippen molar-refractivity contribution in [3.63, 3.8) is 0 Å². The summed E-state index contributed by atoms with van der Waals surface area (Å²) in [6.07, 6.45) is 4.68. The lowest BCUT2D eigenvalue weighted by Gasteiger charge is -2.19. The maximum atomic E-state index is 12.3. The Morgan fingerprint density at radius 2 is 2.00 bits per heavy atom. The van der Waals surface area contributed by atoms with Gasteiger partial charge in [0, 0.05) is 13.1 Å². The Bertz CT molecular complexity index is 699. The largest absolute Gasteiger partial charge is 0.495 e. The van der Waals surface area contributed by atoms with Gasteiger partial charge < -0.3 is 15.0 Å². The first kappa shape index (κ1) is 18.0. The molecule has 1 N–H and O–H groups in total. The average Bonchev–Trinajstić information content (AvgIpc) is 2.91. The number of thioether (sulfide) groups is 1. The third kappa shape index (κ3) is 5.09. The predicted octanol–water partition coefficient (Wildman–Crippen LogP) is 3.79. The molecule has 0 spiro atoms. The molecule has 25 heavy (non-hydrogen) atoms. The van der Waals surface area contributed by atoms with E-state index in [0.29, 0.717) is 10.9 Å². The van der Waals surface area contributed by atoms with E-state index in [9.17, 15) is 4.79 Å². The van der Waals surface area contributed by atoms with Gasteiger partial charge in [0.05, 0.1) is 18.6 Å². The lowest BCUT2D eigenvalue weighted by atomic mass is 10.2. The van der Waals surface area contributed by atoms with Gasteiger partial charge in [0.25, 0.3) is 0 Å². The fraction of sp³-hybridized carbons (Fsp3) is 0.471. The molecule has 1 aliphatic rings. The number of aromatic nitrogens is 2. The van der Waals surface area contributed by atoms with Crippen LogP contribution in [0.25, 0.3) is 0 Å². The zero-order chi connectivity index (χ0) is 17.5. The Morgan fingerprint density at radius 1 is 1.24 bits per heavy atom. The van der Waals surface area contributed by atoms with Crippen molar-refractivity contribution in [3.05, 3.63) is 24.3 Å². The molecule has 1 saturated heterocycles. The van der Waals surface area contributed by atoms with Crippen LogP contribution in [0.3, 0.4) is 0 Å². The second kappa shape index (κ2) is 9.05. The molecule has 1 aromatic carbocycles. The molecule has 0 bridgehead atoms. The minimum absolute atomic E-state index is 0.196. The number of methoxy groups -OCH3 is 1. The summed E-state index contributed by atoms with van der Waals surface area (Å²) < 4.78 is 6.11. The Labute approximate surface area is 156 Å². The van der Waals surface area contributed by atoms with Crippen molar-refractivity contribution in [1.82, 2.24) is 15.1 Å². The van der Waals surface area contributed by atoms with E-state index in [-0.39, 0.29) is 5.91 Å². The van der Waals surface area contributed by atoms with Crippen LogP contribution < -0.4 is 10.1 Å². The maximum absolute atomic E-state index is 12.3. The van der Waals surface area contributed by atoms with E-state index in [0.717, 1.165) is 41.7 Å². The first-order chi connectivity index (χ1) is 12.3. The second-order valence-corrected chi connectivity index (χ2v) is 7.98. The number of carbonyl (C=O) groups excluding carboxylic acids is 1. The van der Waals surface area contributed by atoms with Gasteiger partial charge in [-0.15, -0.1) is 10.2 Å². The van der Waals surface area contributed by atoms with Gasteiger partial charge in [-0.3, -0.25) is 4.79 Å². The van der Waals surface area contributed by atoms with E-state index in [2.05, 4.69) is 15.5 Å². The molecule has 3 rings (SSSR count). The predicted molar refractivity (Wildman–Crippen MR) is 102 cm³/mol. The summed E-state index contributed by atoms with van der Waals surface area (Å²) in [6.45, 7) is 1.77. The average molecular weight is 379 g/mol. The zero-order valence-electron chi connectivity index (χ0n) is 14.2. The van der Waals surface area contributed by atoms with Crippen LogP contribution in [0.5, 0.6) is 5.75 Å². The molecule has 134 valence electrons. The first-order valence-electron chi connectivity index (χ1n) is 8.40. The Hall–Kier alpha value is -1.80. The van der Waals surface area contributed by atoms with Crippen molar-refractivity contribution in [2.24, 2.45) is 0 Å². The van der Waals surface area contributed by atoms with Crippen molar-refractivity contribution in [1.29, 1.82) is 0 Å². The van der Waals surface area contributed by atoms with Gasteiger partial charge in [0.2, 0.25) is 11.0 Å². The number of nitrogens with one attached hydrogen (secondary N) is 1. The number of benzene rings is 1. The summed E-state index contributed by atoms with van der Waals surface area (Å²) >= 11 is 2.90. The second-order valence-electron chi connectivity index (χ2n) is 5.78. The number of anilines is 2. The lowest BCUT2D eigenvalue weighted by Crippen LogP contribution is -2.33. The number of nitrogens with zero attached hydrogens (tertiary/aromatic N) is 3. The number of rotatable bonds is 6. The van der Waals surface area contributed by atoms with Crippen molar-refractivity contribution in [2.75, 3.05) is 31.3 Å². The quantitative estimate of drug-likeness (QED) is 0.772. The van der Waals surface area contributed by atoms with Gasteiger partial charge in [-0.05, 0) is 25.0 Å². The monoisotopic (exact) mass is 378 g/mol. The molecule has 1 aromatic heterocycles. The fourth-order valence-corrected chi connectivity index (χ4v) is 4.38. The molecule has 2 aromatic rings. The van der Waals surface area contributed by atoms with Crippen molar-refractivity contribution in [3.8, 4) is 5.75 Å². The Morgan fingerprint density at radius 3 is 2.76 bits per heavy atom. The summed E-state index contributed by atoms with van der Waals surface area (Å²) in [5.41, 5.74) is 0.846. The number of hydrogen-bond donors (Lipinski definition) is 1. The molecule has 6 nitrogen and oxygen atoms in total. The van der Waals surface area contributed by atoms with Crippen LogP contribution in [-0.2, 0) is 4.79 Å². The molecule has 1 aliphatic heterocycles. The number of likely N-dealkylation sites (tertiary alicyclic amines) is 1. The number of para-hydroxylation sites is 2. The van der Waals surface area contributed by atoms with Crippen molar-refractivity contribution in [2.45, 2.75) is 30.0 Å². The highest BCUT2D eigenvalue weighted by Gasteiger charge is 2.16. The molecule has 8 heteroatoms. The van der Waals surface area contributed by atoms with Crippen LogP contribution >= 0.6 is 23.1 Å². The summed E-state index contributed by atoms with van der Waals surface area (Å²) in [4.78, 5) is 14.3. The van der Waals surface area contributed by atoms with E-state index < -0.39 is 0 Å². The van der Waals surface area contributed by atoms with E-state index >= 15 is 0 Å². The summed E-state index contributed by atoms with van der Waals surface area (Å²) in [6, 6.07) is 7.66. The number of carbonyl (C=O) groups is 1. The van der Waals surface area contributed by atoms with Gasteiger partial charge >= 0.3 is 0 Å². The molecule has 0 unspecified atom stereocenters. The summed E-state index contributed by atoms with van der Waals surface area (Å²) in [7, 11) is 1.64. The highest BCUT2D eigenvalue weighted by atomic mass is 32.2. The molecule has 0 radical (unpaired) electrons. The van der Waals surface area contributed by atoms with Gasteiger partial charge in [-0.2, -0.15) is 0 Å². The first-order valence-corrected chi connectivity index (χ1v) is 10.2. The standard InChI is InChI=1S/C17H22N4O2S2/c1-23-14-9-5-4-8-13(14)18-16-19-20-17(25-16)24-12-15(22)21-10-6-2-3-7-11-21/h4-5,8-9H,2-3,6-7,10-12H2,1H3,(H,18,19). The van der Waals surface area contributed by atoms with E-state index in [1.807, 2.05) is 29.2 Å². The van der Waals surface area contributed by atoms with Crippen molar-refractivity contribution >= 4 is 39.8 Å². The van der Waals surface area contributed by atoms with E-state index in [4.69, 9.17) is 4.74 Å². The Kier molecular flexibility index (Phi) is 6.52. The molecule has 1 fully saturated rings. The molecule has 0 aliphatic carbocycles. The third-order valence-electron chi connectivity index (χ3n) is 4.03. The van der Waals surface area contributed by atoms with Gasteiger partial charge in [0.1, 0.15) is 5.75 Å². The van der Waals surface area contributed by atoms with E-state index in [1.165, 1.54) is 35.9 Å². The van der Waals surface area contributed by atoms with Crippen LogP contribution in [0.2, 0.25) is 0 Å². The number of hydrogen-bond acceptors (Lipinski definition) is 7. The summed E-state index contributed by atoms with van der Waals surface area (Å²) in [5.74, 6) is 1.37. The highest BCUT2D eigenvalue weighted by Crippen LogP contribution is 2.31. The third-order valence-corrected chi connectivity index (χ3v) is 5.99. The lowest BCUT2D eigenvalue weighted by molar-refractivity contribution is -0.128. The van der Waals surface area contributed by atoms with E-state index in [1.54, 1.807) is 7.11 Å². The smallest absolute Gasteiger partial charge is 0.233 e. The minimum Gasteiger partial charge on any atom is -0.495 e. The number of amides is 1. The van der Waals surface area contributed by atoms with Gasteiger partial charge in [0.15, 0.2) is 4.34 Å². The SMILES string of the molecule is COc1ccccc1Nc1nnc(SCC(=O)N2CCCCCC2)s1. The van der Waals surface area contributed by atoms with Crippen LogP contribution in [0.15, 0.2) is 28.6 Å². The van der Waals surface area contributed by atoms with Crippen LogP contribution in [0.1, 0.15) is 25.7 Å². The topological polar surface area (TPSA) is 67.3 Å².